The Labute approximate surface area is 130 Å². The van der Waals surface area contributed by atoms with Crippen LogP contribution in [0.1, 0.15) is 32.0 Å². The molecule has 0 amide bonds. The molecule has 116 valence electrons. The topological polar surface area (TPSA) is 42.3 Å². The van der Waals surface area contributed by atoms with Crippen molar-refractivity contribution in [2.45, 2.75) is 38.5 Å². The van der Waals surface area contributed by atoms with Crippen molar-refractivity contribution in [3.63, 3.8) is 0 Å². The molecule has 20 heavy (non-hydrogen) atoms. The zero-order valence-corrected chi connectivity index (χ0v) is 15.0. The molecule has 0 aliphatic rings. The smallest absolute Gasteiger partial charge is 0.0857 e. The largest absolute Gasteiger partial charge is 0.376 e. The predicted octanol–water partition coefficient (Wildman–Crippen LogP) is 2.28. The SMILES string of the molecule is CCC(C)(OC)C(NC)c1c(Br)cnn1CCN(C)C. The molecule has 0 saturated carbocycles. The van der Waals surface area contributed by atoms with Crippen LogP contribution >= 0.6 is 15.9 Å². The van der Waals surface area contributed by atoms with Crippen LogP contribution in [0.15, 0.2) is 10.7 Å². The highest BCUT2D eigenvalue weighted by Gasteiger charge is 2.36. The van der Waals surface area contributed by atoms with E-state index in [0.29, 0.717) is 0 Å². The molecule has 0 aromatic carbocycles. The number of nitrogens with one attached hydrogen (secondary N) is 1. The van der Waals surface area contributed by atoms with Crippen molar-refractivity contribution in [1.82, 2.24) is 20.0 Å². The van der Waals surface area contributed by atoms with E-state index in [4.69, 9.17) is 4.74 Å². The first-order valence-corrected chi connectivity index (χ1v) is 7.77. The number of ether oxygens (including phenoxy) is 1. The molecule has 0 saturated heterocycles. The summed E-state index contributed by atoms with van der Waals surface area (Å²) in [5.74, 6) is 0. The average molecular weight is 347 g/mol. The van der Waals surface area contributed by atoms with Gasteiger partial charge in [0.15, 0.2) is 0 Å². The maximum Gasteiger partial charge on any atom is 0.0857 e. The Kier molecular flexibility index (Phi) is 6.64. The van der Waals surface area contributed by atoms with Crippen LogP contribution in [0.25, 0.3) is 0 Å². The number of hydrogen-bond acceptors (Lipinski definition) is 4. The molecule has 0 aliphatic heterocycles. The highest BCUT2D eigenvalue weighted by Crippen LogP contribution is 2.35. The minimum atomic E-state index is -0.271. The molecule has 0 bridgehead atoms. The fourth-order valence-corrected chi connectivity index (χ4v) is 2.85. The van der Waals surface area contributed by atoms with Gasteiger partial charge < -0.3 is 15.0 Å². The second-order valence-electron chi connectivity index (χ2n) is 5.50. The molecule has 2 atom stereocenters. The van der Waals surface area contributed by atoms with E-state index in [2.05, 4.69) is 63.9 Å². The normalized spacial score (nSPS) is 16.4. The lowest BCUT2D eigenvalue weighted by Gasteiger charge is -2.36. The summed E-state index contributed by atoms with van der Waals surface area (Å²) in [6, 6.07) is 0.0801. The number of halogens is 1. The first kappa shape index (κ1) is 17.6. The van der Waals surface area contributed by atoms with Crippen molar-refractivity contribution in [1.29, 1.82) is 0 Å². The molecule has 6 heteroatoms. The van der Waals surface area contributed by atoms with Crippen LogP contribution < -0.4 is 5.32 Å². The Hall–Kier alpha value is -0.430. The number of hydrogen-bond donors (Lipinski definition) is 1. The summed E-state index contributed by atoms with van der Waals surface area (Å²) < 4.78 is 8.84. The second kappa shape index (κ2) is 7.54. The molecule has 5 nitrogen and oxygen atoms in total. The average Bonchev–Trinajstić information content (AvgIpc) is 2.78. The van der Waals surface area contributed by atoms with Crippen molar-refractivity contribution >= 4 is 15.9 Å². The summed E-state index contributed by atoms with van der Waals surface area (Å²) in [6.45, 7) is 6.08. The molecule has 0 radical (unpaired) electrons. The first-order chi connectivity index (χ1) is 9.39. The van der Waals surface area contributed by atoms with Crippen LogP contribution in [-0.2, 0) is 11.3 Å². The first-order valence-electron chi connectivity index (χ1n) is 6.98. The lowest BCUT2D eigenvalue weighted by molar-refractivity contribution is -0.0305. The van der Waals surface area contributed by atoms with E-state index < -0.39 is 0 Å². The van der Waals surface area contributed by atoms with Crippen molar-refractivity contribution < 1.29 is 4.74 Å². The second-order valence-corrected chi connectivity index (χ2v) is 6.35. The maximum absolute atomic E-state index is 5.76. The monoisotopic (exact) mass is 346 g/mol. The van der Waals surface area contributed by atoms with Gasteiger partial charge in [0.1, 0.15) is 0 Å². The van der Waals surface area contributed by atoms with E-state index in [1.807, 2.05) is 13.2 Å². The standard InChI is InChI=1S/C14H27BrN4O/c1-7-14(2,20-6)13(16-3)12-11(15)10-17-19(12)9-8-18(4)5/h10,13,16H,7-9H2,1-6H3. The molecular weight excluding hydrogens is 320 g/mol. The minimum absolute atomic E-state index is 0.0801. The Morgan fingerprint density at radius 1 is 1.55 bits per heavy atom. The van der Waals surface area contributed by atoms with Crippen LogP contribution in [0, 0.1) is 0 Å². The number of methoxy groups -OCH3 is 1. The van der Waals surface area contributed by atoms with E-state index in [-0.39, 0.29) is 11.6 Å². The van der Waals surface area contributed by atoms with Crippen LogP contribution in [0.5, 0.6) is 0 Å². The zero-order valence-electron chi connectivity index (χ0n) is 13.4. The molecule has 1 rings (SSSR count). The summed E-state index contributed by atoms with van der Waals surface area (Å²) in [7, 11) is 7.87. The number of aromatic nitrogens is 2. The molecule has 1 aromatic rings. The fraction of sp³-hybridized carbons (Fsp3) is 0.786. The molecule has 0 fully saturated rings. The predicted molar refractivity (Wildman–Crippen MR) is 86.0 cm³/mol. The quantitative estimate of drug-likeness (QED) is 0.784. The van der Waals surface area contributed by atoms with E-state index in [1.165, 1.54) is 0 Å². The van der Waals surface area contributed by atoms with Crippen molar-refractivity contribution in [2.75, 3.05) is 34.8 Å². The van der Waals surface area contributed by atoms with Gasteiger partial charge >= 0.3 is 0 Å². The number of nitrogens with zero attached hydrogens (tertiary/aromatic N) is 3. The summed E-state index contributed by atoms with van der Waals surface area (Å²) in [4.78, 5) is 2.16. The van der Waals surface area contributed by atoms with Gasteiger partial charge in [0, 0.05) is 13.7 Å². The molecule has 1 N–H and O–H groups in total. The van der Waals surface area contributed by atoms with Gasteiger partial charge in [0.25, 0.3) is 0 Å². The van der Waals surface area contributed by atoms with Crippen LogP contribution in [0.3, 0.4) is 0 Å². The van der Waals surface area contributed by atoms with Gasteiger partial charge in [-0.05, 0) is 50.4 Å². The Morgan fingerprint density at radius 3 is 2.65 bits per heavy atom. The lowest BCUT2D eigenvalue weighted by atomic mass is 9.90. The van der Waals surface area contributed by atoms with Crippen LogP contribution in [-0.4, -0.2) is 55.1 Å². The van der Waals surface area contributed by atoms with E-state index in [9.17, 15) is 0 Å². The van der Waals surface area contributed by atoms with Gasteiger partial charge in [0.05, 0.1) is 34.6 Å². The van der Waals surface area contributed by atoms with Gasteiger partial charge in [-0.15, -0.1) is 0 Å². The Balaban J connectivity index is 3.11. The Morgan fingerprint density at radius 2 is 2.20 bits per heavy atom. The summed E-state index contributed by atoms with van der Waals surface area (Å²) >= 11 is 3.62. The van der Waals surface area contributed by atoms with Gasteiger partial charge in [-0.25, -0.2) is 0 Å². The molecule has 1 heterocycles. The third kappa shape index (κ3) is 3.81. The summed E-state index contributed by atoms with van der Waals surface area (Å²) in [6.07, 6.45) is 2.78. The van der Waals surface area contributed by atoms with Crippen molar-refractivity contribution in [2.24, 2.45) is 0 Å². The third-order valence-corrected chi connectivity index (χ3v) is 4.54. The molecule has 0 aliphatic carbocycles. The molecule has 2 unspecified atom stereocenters. The Bertz CT molecular complexity index is 415. The molecular formula is C14H27BrN4O. The highest BCUT2D eigenvalue weighted by molar-refractivity contribution is 9.10. The maximum atomic E-state index is 5.76. The molecule has 0 spiro atoms. The van der Waals surface area contributed by atoms with Gasteiger partial charge in [-0.1, -0.05) is 6.92 Å². The van der Waals surface area contributed by atoms with E-state index in [0.717, 1.165) is 29.7 Å². The van der Waals surface area contributed by atoms with Gasteiger partial charge in [-0.3, -0.25) is 4.68 Å². The van der Waals surface area contributed by atoms with Crippen LogP contribution in [0.2, 0.25) is 0 Å². The number of likely N-dealkylation sites (N-methyl/N-ethyl adjacent to an activating group) is 2. The van der Waals surface area contributed by atoms with Crippen molar-refractivity contribution in [3.05, 3.63) is 16.4 Å². The van der Waals surface area contributed by atoms with Gasteiger partial charge in [-0.2, -0.15) is 5.10 Å². The van der Waals surface area contributed by atoms with E-state index in [1.54, 1.807) is 7.11 Å². The minimum Gasteiger partial charge on any atom is -0.376 e. The van der Waals surface area contributed by atoms with Crippen LogP contribution in [0.4, 0.5) is 0 Å². The molecule has 1 aromatic heterocycles. The third-order valence-electron chi connectivity index (χ3n) is 3.93. The fourth-order valence-electron chi connectivity index (χ4n) is 2.33. The summed E-state index contributed by atoms with van der Waals surface area (Å²) in [5, 5.41) is 7.87. The number of rotatable bonds is 8. The zero-order chi connectivity index (χ0) is 15.3. The summed E-state index contributed by atoms with van der Waals surface area (Å²) in [5.41, 5.74) is 0.869. The van der Waals surface area contributed by atoms with Crippen molar-refractivity contribution in [3.8, 4) is 0 Å². The van der Waals surface area contributed by atoms with Gasteiger partial charge in [0.2, 0.25) is 0 Å². The highest BCUT2D eigenvalue weighted by atomic mass is 79.9. The lowest BCUT2D eigenvalue weighted by Crippen LogP contribution is -2.43. The van der Waals surface area contributed by atoms with E-state index >= 15 is 0 Å².